The zero-order valence-corrected chi connectivity index (χ0v) is 18.1. The van der Waals surface area contributed by atoms with Crippen molar-refractivity contribution in [3.05, 3.63) is 58.6 Å². The molecule has 2 saturated heterocycles. The Balaban J connectivity index is 1.67. The number of fused-ring (bicyclic) bond motifs is 4. The van der Waals surface area contributed by atoms with Gasteiger partial charge in [0.25, 0.3) is 5.91 Å². The molecular weight excluding hydrogens is 432 g/mol. The number of hydrogen-bond donors (Lipinski definition) is 3. The molecule has 32 heavy (non-hydrogen) atoms. The summed E-state index contributed by atoms with van der Waals surface area (Å²) in [6.45, 7) is 1.80. The van der Waals surface area contributed by atoms with Crippen LogP contribution in [0.1, 0.15) is 24.0 Å². The van der Waals surface area contributed by atoms with Crippen molar-refractivity contribution in [2.24, 2.45) is 17.6 Å². The Morgan fingerprint density at radius 2 is 1.88 bits per heavy atom. The van der Waals surface area contributed by atoms with Gasteiger partial charge in [-0.25, -0.2) is 4.90 Å². The number of hydrogen-bond acceptors (Lipinski definition) is 4. The van der Waals surface area contributed by atoms with E-state index in [2.05, 4.69) is 5.32 Å². The quantitative estimate of drug-likeness (QED) is 0.592. The second-order valence-corrected chi connectivity index (χ2v) is 9.01. The van der Waals surface area contributed by atoms with Gasteiger partial charge in [-0.05, 0) is 36.8 Å². The normalized spacial score (nSPS) is 28.2. The number of primary amides is 1. The third kappa shape index (κ3) is 2.66. The van der Waals surface area contributed by atoms with Crippen LogP contribution in [0.5, 0.6) is 0 Å². The summed E-state index contributed by atoms with van der Waals surface area (Å²) in [5.74, 6) is -3.29. The van der Waals surface area contributed by atoms with Crippen LogP contribution in [0.25, 0.3) is 0 Å². The van der Waals surface area contributed by atoms with E-state index < -0.39 is 35.2 Å². The van der Waals surface area contributed by atoms with Crippen LogP contribution in [0.15, 0.2) is 42.5 Å². The van der Waals surface area contributed by atoms with Crippen molar-refractivity contribution in [2.75, 3.05) is 10.2 Å². The molecule has 8 nitrogen and oxygen atoms in total. The van der Waals surface area contributed by atoms with Crippen LogP contribution in [-0.4, -0.2) is 29.7 Å². The van der Waals surface area contributed by atoms with Gasteiger partial charge in [-0.2, -0.15) is 0 Å². The van der Waals surface area contributed by atoms with Gasteiger partial charge in [-0.1, -0.05) is 29.8 Å². The van der Waals surface area contributed by atoms with Gasteiger partial charge in [0.2, 0.25) is 23.3 Å². The first-order chi connectivity index (χ1) is 15.3. The van der Waals surface area contributed by atoms with E-state index in [1.54, 1.807) is 54.7 Å². The van der Waals surface area contributed by atoms with Gasteiger partial charge in [0.05, 0.1) is 11.4 Å². The van der Waals surface area contributed by atoms with E-state index in [9.17, 15) is 19.2 Å². The van der Waals surface area contributed by atoms with Crippen LogP contribution in [0.4, 0.5) is 11.4 Å². The van der Waals surface area contributed by atoms with Crippen molar-refractivity contribution in [2.45, 2.75) is 31.3 Å². The molecular formula is C23H22ClN4O4+. The van der Waals surface area contributed by atoms with Crippen molar-refractivity contribution in [1.82, 2.24) is 0 Å². The van der Waals surface area contributed by atoms with Crippen molar-refractivity contribution in [1.29, 1.82) is 0 Å². The average molecular weight is 454 g/mol. The molecule has 1 spiro atoms. The van der Waals surface area contributed by atoms with Gasteiger partial charge < -0.3 is 16.4 Å². The van der Waals surface area contributed by atoms with Gasteiger partial charge in [0.15, 0.2) is 0 Å². The molecule has 164 valence electrons. The Bertz CT molecular complexity index is 1180. The lowest BCUT2D eigenvalue weighted by Gasteiger charge is -2.26. The van der Waals surface area contributed by atoms with Crippen LogP contribution in [0, 0.1) is 18.8 Å². The maximum atomic E-state index is 13.7. The molecule has 3 aliphatic rings. The molecule has 2 fully saturated rings. The topological polar surface area (TPSA) is 126 Å². The number of quaternary nitrogens is 1. The highest BCUT2D eigenvalue weighted by Gasteiger charge is 2.74. The third-order valence-corrected chi connectivity index (χ3v) is 7.39. The Hall–Kier alpha value is -3.23. The molecule has 2 aromatic carbocycles. The zero-order chi connectivity index (χ0) is 22.8. The van der Waals surface area contributed by atoms with Gasteiger partial charge in [-0.3, -0.25) is 19.2 Å². The minimum atomic E-state index is -1.31. The molecule has 0 bridgehead atoms. The Morgan fingerprint density at radius 3 is 2.56 bits per heavy atom. The smallest absolute Gasteiger partial charge is 0.291 e. The van der Waals surface area contributed by atoms with Gasteiger partial charge in [0.1, 0.15) is 17.9 Å². The zero-order valence-electron chi connectivity index (χ0n) is 17.3. The molecule has 0 radical (unpaired) electrons. The number of carbonyl (C=O) groups is 4. The molecule has 0 unspecified atom stereocenters. The third-order valence-electron chi connectivity index (χ3n) is 6.98. The summed E-state index contributed by atoms with van der Waals surface area (Å²) < 4.78 is 0. The van der Waals surface area contributed by atoms with E-state index in [1.807, 2.05) is 0 Å². The largest absolute Gasteiger partial charge is 0.370 e. The summed E-state index contributed by atoms with van der Waals surface area (Å²) in [7, 11) is 0. The lowest BCUT2D eigenvalue weighted by molar-refractivity contribution is -0.733. The van der Waals surface area contributed by atoms with Gasteiger partial charge in [0, 0.05) is 23.4 Å². The molecule has 3 aliphatic heterocycles. The number of nitrogens with two attached hydrogens (primary N) is 2. The second kappa shape index (κ2) is 7.15. The highest BCUT2D eigenvalue weighted by molar-refractivity contribution is 6.32. The monoisotopic (exact) mass is 453 g/mol. The van der Waals surface area contributed by atoms with Crippen LogP contribution >= 0.6 is 11.6 Å². The van der Waals surface area contributed by atoms with E-state index in [0.717, 1.165) is 0 Å². The van der Waals surface area contributed by atoms with E-state index in [-0.39, 0.29) is 24.7 Å². The molecule has 0 saturated carbocycles. The van der Waals surface area contributed by atoms with Gasteiger partial charge in [-0.15, -0.1) is 0 Å². The maximum absolute atomic E-state index is 13.7. The number of halogens is 1. The Kier molecular flexibility index (Phi) is 4.61. The standard InChI is InChI=1S/C23H21ClN4O4/c1-11-14(24)8-7-13-19(11)26-22(32)23(13)18-17(15(27-23)9-10-16(25)29)20(30)28(21(18)31)12-5-3-2-4-6-12/h2-8,15,17-18,27H,9-10H2,1H3,(H2,25,29)(H,26,32)/p+1/t15-,17+,18-,23-/m0/s1. The van der Waals surface area contributed by atoms with E-state index >= 15 is 0 Å². The summed E-state index contributed by atoms with van der Waals surface area (Å²) in [5, 5.41) is 5.19. The number of anilines is 2. The summed E-state index contributed by atoms with van der Waals surface area (Å²) in [5.41, 5.74) is 6.43. The van der Waals surface area contributed by atoms with Crippen LogP contribution in [-0.2, 0) is 24.7 Å². The van der Waals surface area contributed by atoms with Crippen LogP contribution < -0.4 is 21.3 Å². The molecule has 4 amide bonds. The molecule has 0 aromatic heterocycles. The van der Waals surface area contributed by atoms with E-state index in [0.29, 0.717) is 27.5 Å². The number of carbonyl (C=O) groups excluding carboxylic acids is 4. The molecule has 5 N–H and O–H groups in total. The fraction of sp³-hybridized carbons (Fsp3) is 0.304. The summed E-state index contributed by atoms with van der Waals surface area (Å²) >= 11 is 6.27. The SMILES string of the molecule is Cc1c(Cl)ccc2c1NC(=O)[C@]21[NH2+][C@@H](CCC(N)=O)[C@H]2C(=O)N(c3ccccc3)C(=O)[C@H]21. The predicted octanol–water partition coefficient (Wildman–Crippen LogP) is 0.813. The highest BCUT2D eigenvalue weighted by atomic mass is 35.5. The number of nitrogens with one attached hydrogen (secondary N) is 1. The van der Waals surface area contributed by atoms with Crippen molar-refractivity contribution >= 4 is 46.6 Å². The Morgan fingerprint density at radius 1 is 1.16 bits per heavy atom. The summed E-state index contributed by atoms with van der Waals surface area (Å²) in [6.07, 6.45) is 0.344. The van der Waals surface area contributed by atoms with Crippen molar-refractivity contribution < 1.29 is 24.5 Å². The fourth-order valence-corrected chi connectivity index (χ4v) is 5.71. The molecule has 9 heteroatoms. The van der Waals surface area contributed by atoms with Crippen LogP contribution in [0.2, 0.25) is 5.02 Å². The first kappa shape index (κ1) is 20.7. The number of nitrogens with zero attached hydrogens (tertiary/aromatic N) is 1. The highest BCUT2D eigenvalue weighted by Crippen LogP contribution is 2.51. The lowest BCUT2D eigenvalue weighted by atomic mass is 9.76. The minimum Gasteiger partial charge on any atom is -0.370 e. The average Bonchev–Trinajstić information content (AvgIpc) is 3.35. The predicted molar refractivity (Wildman–Crippen MR) is 117 cm³/mol. The molecule has 5 rings (SSSR count). The molecule has 2 aromatic rings. The summed E-state index contributed by atoms with van der Waals surface area (Å²) in [6, 6.07) is 11.7. The number of imide groups is 1. The first-order valence-electron chi connectivity index (χ1n) is 10.5. The van der Waals surface area contributed by atoms with Crippen LogP contribution in [0.3, 0.4) is 0 Å². The number of benzene rings is 2. The van der Waals surface area contributed by atoms with E-state index in [4.69, 9.17) is 17.3 Å². The number of amides is 4. The Labute approximate surface area is 189 Å². The molecule has 3 heterocycles. The number of para-hydroxylation sites is 1. The van der Waals surface area contributed by atoms with Gasteiger partial charge >= 0.3 is 0 Å². The minimum absolute atomic E-state index is 0.0569. The molecule has 4 atom stereocenters. The molecule has 0 aliphatic carbocycles. The van der Waals surface area contributed by atoms with Crippen molar-refractivity contribution in [3.8, 4) is 0 Å². The second-order valence-electron chi connectivity index (χ2n) is 8.60. The lowest BCUT2D eigenvalue weighted by Crippen LogP contribution is -2.99. The first-order valence-corrected chi connectivity index (χ1v) is 10.8. The van der Waals surface area contributed by atoms with Crippen molar-refractivity contribution in [3.63, 3.8) is 0 Å². The number of rotatable bonds is 4. The fourth-order valence-electron chi connectivity index (χ4n) is 5.56. The maximum Gasteiger partial charge on any atom is 0.291 e. The van der Waals surface area contributed by atoms with E-state index in [1.165, 1.54) is 4.90 Å². The summed E-state index contributed by atoms with van der Waals surface area (Å²) in [4.78, 5) is 53.4.